The molecule has 0 spiro atoms. The Morgan fingerprint density at radius 3 is 2.76 bits per heavy atom. The van der Waals surface area contributed by atoms with Gasteiger partial charge in [-0.05, 0) is 42.9 Å². The second kappa shape index (κ2) is 8.50. The van der Waals surface area contributed by atoms with Gasteiger partial charge in [0, 0.05) is 18.2 Å². The molecule has 0 radical (unpaired) electrons. The molecule has 0 amide bonds. The number of benzene rings is 1. The molecule has 3 nitrogen and oxygen atoms in total. The number of anilines is 2. The fraction of sp³-hybridized carbons (Fsp3) is 0.647. The van der Waals surface area contributed by atoms with Crippen molar-refractivity contribution >= 4 is 23.0 Å². The summed E-state index contributed by atoms with van der Waals surface area (Å²) in [6, 6.07) is 3.87. The SMILES string of the molecule is CCc1cc(NCCOCC2CCCCC2)c(N)cc1Cl. The van der Waals surface area contributed by atoms with Crippen molar-refractivity contribution < 1.29 is 4.74 Å². The molecule has 0 aromatic heterocycles. The third-order valence-electron chi connectivity index (χ3n) is 4.24. The first-order chi connectivity index (χ1) is 10.2. The predicted molar refractivity (Wildman–Crippen MR) is 91.1 cm³/mol. The van der Waals surface area contributed by atoms with Crippen molar-refractivity contribution in [1.82, 2.24) is 0 Å². The standard InChI is InChI=1S/C17H27ClN2O/c1-2-14-10-17(16(19)11-15(14)18)20-8-9-21-12-13-6-4-3-5-7-13/h10-11,13,20H,2-9,12,19H2,1H3. The summed E-state index contributed by atoms with van der Waals surface area (Å²) in [5.74, 6) is 0.769. The van der Waals surface area contributed by atoms with Crippen LogP contribution in [0.4, 0.5) is 11.4 Å². The Bertz CT molecular complexity index is 445. The van der Waals surface area contributed by atoms with Gasteiger partial charge in [0.25, 0.3) is 0 Å². The van der Waals surface area contributed by atoms with E-state index in [1.807, 2.05) is 12.1 Å². The van der Waals surface area contributed by atoms with Crippen LogP contribution in [0.25, 0.3) is 0 Å². The van der Waals surface area contributed by atoms with Crippen molar-refractivity contribution in [3.8, 4) is 0 Å². The van der Waals surface area contributed by atoms with Crippen LogP contribution in [-0.2, 0) is 11.2 Å². The lowest BCUT2D eigenvalue weighted by atomic mass is 9.90. The highest BCUT2D eigenvalue weighted by molar-refractivity contribution is 6.31. The quantitative estimate of drug-likeness (QED) is 0.576. The minimum absolute atomic E-state index is 0.699. The van der Waals surface area contributed by atoms with Crippen LogP contribution in [0.3, 0.4) is 0 Å². The molecule has 1 aromatic rings. The Morgan fingerprint density at radius 1 is 1.29 bits per heavy atom. The molecule has 1 aromatic carbocycles. The first-order valence-corrected chi connectivity index (χ1v) is 8.48. The fourth-order valence-corrected chi connectivity index (χ4v) is 3.22. The van der Waals surface area contributed by atoms with Gasteiger partial charge >= 0.3 is 0 Å². The molecule has 0 bridgehead atoms. The van der Waals surface area contributed by atoms with E-state index in [-0.39, 0.29) is 0 Å². The summed E-state index contributed by atoms with van der Waals surface area (Å²) in [7, 11) is 0. The van der Waals surface area contributed by atoms with E-state index in [1.165, 1.54) is 32.1 Å². The summed E-state index contributed by atoms with van der Waals surface area (Å²) >= 11 is 6.14. The molecular formula is C17H27ClN2O. The van der Waals surface area contributed by atoms with Gasteiger partial charge in [0.05, 0.1) is 18.0 Å². The monoisotopic (exact) mass is 310 g/mol. The van der Waals surface area contributed by atoms with Crippen LogP contribution in [0, 0.1) is 5.92 Å². The molecule has 0 aliphatic heterocycles. The minimum Gasteiger partial charge on any atom is -0.397 e. The van der Waals surface area contributed by atoms with E-state index in [0.29, 0.717) is 5.69 Å². The summed E-state index contributed by atoms with van der Waals surface area (Å²) in [6.07, 6.45) is 7.70. The van der Waals surface area contributed by atoms with Gasteiger partial charge in [-0.3, -0.25) is 0 Å². The smallest absolute Gasteiger partial charge is 0.0639 e. The largest absolute Gasteiger partial charge is 0.397 e. The summed E-state index contributed by atoms with van der Waals surface area (Å²) < 4.78 is 5.79. The molecule has 0 unspecified atom stereocenters. The number of nitrogens with two attached hydrogens (primary N) is 1. The van der Waals surface area contributed by atoms with Crippen molar-refractivity contribution in [2.24, 2.45) is 5.92 Å². The van der Waals surface area contributed by atoms with Gasteiger partial charge in [-0.2, -0.15) is 0 Å². The molecule has 3 N–H and O–H groups in total. The predicted octanol–water partition coefficient (Wildman–Crippen LogP) is 4.49. The summed E-state index contributed by atoms with van der Waals surface area (Å²) in [5, 5.41) is 4.09. The number of nitrogen functional groups attached to an aromatic ring is 1. The van der Waals surface area contributed by atoms with Crippen LogP contribution in [-0.4, -0.2) is 19.8 Å². The number of nitrogens with one attached hydrogen (secondary N) is 1. The number of aryl methyl sites for hydroxylation is 1. The van der Waals surface area contributed by atoms with Gasteiger partial charge in [0.1, 0.15) is 0 Å². The lowest BCUT2D eigenvalue weighted by molar-refractivity contribution is 0.0924. The van der Waals surface area contributed by atoms with E-state index < -0.39 is 0 Å². The molecule has 118 valence electrons. The van der Waals surface area contributed by atoms with Crippen LogP contribution >= 0.6 is 11.6 Å². The van der Waals surface area contributed by atoms with Crippen molar-refractivity contribution in [3.05, 3.63) is 22.7 Å². The van der Waals surface area contributed by atoms with Crippen LogP contribution in [0.15, 0.2) is 12.1 Å². The van der Waals surface area contributed by atoms with Crippen LogP contribution in [0.5, 0.6) is 0 Å². The molecule has 0 atom stereocenters. The summed E-state index contributed by atoms with van der Waals surface area (Å²) in [6.45, 7) is 4.49. The average molecular weight is 311 g/mol. The molecule has 0 saturated heterocycles. The zero-order chi connectivity index (χ0) is 15.1. The average Bonchev–Trinajstić information content (AvgIpc) is 2.50. The third kappa shape index (κ3) is 5.08. The molecule has 1 saturated carbocycles. The highest BCUT2D eigenvalue weighted by Gasteiger charge is 2.13. The first-order valence-electron chi connectivity index (χ1n) is 8.10. The molecule has 1 fully saturated rings. The van der Waals surface area contributed by atoms with E-state index in [9.17, 15) is 0 Å². The number of rotatable bonds is 7. The Morgan fingerprint density at radius 2 is 2.05 bits per heavy atom. The van der Waals surface area contributed by atoms with Crippen LogP contribution in [0.1, 0.15) is 44.6 Å². The van der Waals surface area contributed by atoms with E-state index in [2.05, 4.69) is 12.2 Å². The third-order valence-corrected chi connectivity index (χ3v) is 4.59. The van der Waals surface area contributed by atoms with Crippen molar-refractivity contribution in [1.29, 1.82) is 0 Å². The van der Waals surface area contributed by atoms with Crippen molar-refractivity contribution in [3.63, 3.8) is 0 Å². The zero-order valence-corrected chi connectivity index (χ0v) is 13.7. The number of ether oxygens (including phenoxy) is 1. The maximum absolute atomic E-state index is 6.14. The topological polar surface area (TPSA) is 47.3 Å². The first kappa shape index (κ1) is 16.4. The van der Waals surface area contributed by atoms with E-state index in [1.54, 1.807) is 0 Å². The Balaban J connectivity index is 1.70. The lowest BCUT2D eigenvalue weighted by Gasteiger charge is -2.21. The highest BCUT2D eigenvalue weighted by atomic mass is 35.5. The maximum Gasteiger partial charge on any atom is 0.0639 e. The van der Waals surface area contributed by atoms with Crippen LogP contribution in [0.2, 0.25) is 5.02 Å². The minimum atomic E-state index is 0.699. The second-order valence-electron chi connectivity index (χ2n) is 5.89. The molecule has 2 rings (SSSR count). The molecule has 1 aliphatic carbocycles. The highest BCUT2D eigenvalue weighted by Crippen LogP contribution is 2.27. The lowest BCUT2D eigenvalue weighted by Crippen LogP contribution is -2.17. The Kier molecular flexibility index (Phi) is 6.65. The number of halogens is 1. The maximum atomic E-state index is 6.14. The van der Waals surface area contributed by atoms with E-state index >= 15 is 0 Å². The fourth-order valence-electron chi connectivity index (χ4n) is 2.92. The van der Waals surface area contributed by atoms with Gasteiger partial charge < -0.3 is 15.8 Å². The van der Waals surface area contributed by atoms with Gasteiger partial charge in [-0.1, -0.05) is 37.8 Å². The molecular weight excluding hydrogens is 284 g/mol. The summed E-state index contributed by atoms with van der Waals surface area (Å²) in [5.41, 5.74) is 8.77. The van der Waals surface area contributed by atoms with E-state index in [0.717, 1.165) is 48.4 Å². The van der Waals surface area contributed by atoms with Crippen LogP contribution < -0.4 is 11.1 Å². The summed E-state index contributed by atoms with van der Waals surface area (Å²) in [4.78, 5) is 0. The van der Waals surface area contributed by atoms with Gasteiger partial charge in [0.2, 0.25) is 0 Å². The number of hydrogen-bond donors (Lipinski definition) is 2. The number of hydrogen-bond acceptors (Lipinski definition) is 3. The normalized spacial score (nSPS) is 16.1. The Hall–Kier alpha value is -0.930. The van der Waals surface area contributed by atoms with Gasteiger partial charge in [0.15, 0.2) is 0 Å². The Labute approximate surface area is 133 Å². The van der Waals surface area contributed by atoms with Crippen molar-refractivity contribution in [2.45, 2.75) is 45.4 Å². The molecule has 1 aliphatic rings. The second-order valence-corrected chi connectivity index (χ2v) is 6.30. The van der Waals surface area contributed by atoms with Gasteiger partial charge in [-0.15, -0.1) is 0 Å². The zero-order valence-electron chi connectivity index (χ0n) is 13.0. The molecule has 4 heteroatoms. The van der Waals surface area contributed by atoms with Crippen molar-refractivity contribution in [2.75, 3.05) is 30.8 Å². The van der Waals surface area contributed by atoms with Gasteiger partial charge in [-0.25, -0.2) is 0 Å². The molecule has 0 heterocycles. The van der Waals surface area contributed by atoms with E-state index in [4.69, 9.17) is 22.1 Å². The molecule has 21 heavy (non-hydrogen) atoms.